The van der Waals surface area contributed by atoms with Gasteiger partial charge in [-0.2, -0.15) is 0 Å². The summed E-state index contributed by atoms with van der Waals surface area (Å²) in [6, 6.07) is 1.61. The molecule has 2 rings (SSSR count). The molecule has 0 fully saturated rings. The summed E-state index contributed by atoms with van der Waals surface area (Å²) in [7, 11) is 0. The maximum atomic E-state index is 12.1. The van der Waals surface area contributed by atoms with E-state index in [0.717, 1.165) is 0 Å². The summed E-state index contributed by atoms with van der Waals surface area (Å²) in [5.74, 6) is 0.0955. The Balaban J connectivity index is 2.80. The van der Waals surface area contributed by atoms with Crippen molar-refractivity contribution < 1.29 is 4.39 Å². The van der Waals surface area contributed by atoms with Crippen LogP contribution in [0.2, 0.25) is 0 Å². The van der Waals surface area contributed by atoms with Gasteiger partial charge in [-0.25, -0.2) is 14.4 Å². The molecule has 66 valence electrons. The van der Waals surface area contributed by atoms with Crippen molar-refractivity contribution in [1.82, 2.24) is 15.0 Å². The first kappa shape index (κ1) is 7.85. The number of hydrogen-bond acceptors (Lipinski definition) is 3. The average molecular weight is 179 g/mol. The highest BCUT2D eigenvalue weighted by molar-refractivity contribution is 5.75. The molecule has 0 amide bonds. The Hall–Kier alpha value is -1.78. The molecular weight excluding hydrogens is 173 g/mol. The van der Waals surface area contributed by atoms with Crippen LogP contribution < -0.4 is 5.56 Å². The molecule has 0 radical (unpaired) electrons. The lowest BCUT2D eigenvalue weighted by atomic mass is 10.3. The highest BCUT2D eigenvalue weighted by Gasteiger charge is 2.01. The minimum absolute atomic E-state index is 0.0955. The number of hydrogen-bond donors (Lipinski definition) is 1. The normalized spacial score (nSPS) is 10.5. The van der Waals surface area contributed by atoms with Crippen LogP contribution in [0.15, 0.2) is 23.3 Å². The summed E-state index contributed by atoms with van der Waals surface area (Å²) in [6.07, 6.45) is 2.80. The lowest BCUT2D eigenvalue weighted by Crippen LogP contribution is -2.06. The van der Waals surface area contributed by atoms with E-state index in [1.54, 1.807) is 6.07 Å². The van der Waals surface area contributed by atoms with Crippen molar-refractivity contribution in [3.63, 3.8) is 0 Å². The molecule has 0 aliphatic heterocycles. The molecule has 13 heavy (non-hydrogen) atoms. The zero-order chi connectivity index (χ0) is 9.26. The second-order valence-corrected chi connectivity index (χ2v) is 2.53. The van der Waals surface area contributed by atoms with Gasteiger partial charge in [-0.3, -0.25) is 4.79 Å². The molecule has 4 nitrogen and oxygen atoms in total. The Bertz CT molecular complexity index is 494. The van der Waals surface area contributed by atoms with Crippen molar-refractivity contribution in [2.75, 3.05) is 0 Å². The number of rotatable bonds is 1. The van der Waals surface area contributed by atoms with Gasteiger partial charge in [0.15, 0.2) is 5.82 Å². The summed E-state index contributed by atoms with van der Waals surface area (Å²) >= 11 is 0. The topological polar surface area (TPSA) is 58.6 Å². The van der Waals surface area contributed by atoms with E-state index in [9.17, 15) is 9.18 Å². The number of halogens is 1. The fourth-order valence-corrected chi connectivity index (χ4v) is 1.07. The predicted octanol–water partition coefficient (Wildman–Crippen LogP) is 0.788. The van der Waals surface area contributed by atoms with E-state index in [1.165, 1.54) is 12.4 Å². The largest absolute Gasteiger partial charge is 0.328 e. The van der Waals surface area contributed by atoms with Gasteiger partial charge in [0.1, 0.15) is 6.67 Å². The minimum atomic E-state index is -0.720. The standard InChI is InChI=1S/C8H6FN3O/c9-3-7-11-4-5-6(12-7)1-2-10-8(5)13/h1-2,4H,3H2,(H,10,13). The fraction of sp³-hybridized carbons (Fsp3) is 0.125. The third kappa shape index (κ3) is 1.28. The van der Waals surface area contributed by atoms with Crippen LogP contribution in [0.4, 0.5) is 4.39 Å². The molecule has 0 saturated carbocycles. The molecule has 0 bridgehead atoms. The van der Waals surface area contributed by atoms with E-state index in [4.69, 9.17) is 0 Å². The highest BCUT2D eigenvalue weighted by atomic mass is 19.1. The number of fused-ring (bicyclic) bond motifs is 1. The Morgan fingerprint density at radius 2 is 2.38 bits per heavy atom. The first-order chi connectivity index (χ1) is 6.31. The zero-order valence-corrected chi connectivity index (χ0v) is 6.62. The smallest absolute Gasteiger partial charge is 0.258 e. The van der Waals surface area contributed by atoms with Gasteiger partial charge in [0, 0.05) is 12.4 Å². The van der Waals surface area contributed by atoms with E-state index >= 15 is 0 Å². The van der Waals surface area contributed by atoms with Crippen LogP contribution >= 0.6 is 0 Å². The van der Waals surface area contributed by atoms with Gasteiger partial charge in [-0.1, -0.05) is 0 Å². The van der Waals surface area contributed by atoms with Crippen molar-refractivity contribution in [3.05, 3.63) is 34.6 Å². The number of pyridine rings is 1. The third-order valence-electron chi connectivity index (χ3n) is 1.69. The van der Waals surface area contributed by atoms with E-state index in [2.05, 4.69) is 15.0 Å². The molecule has 0 spiro atoms. The maximum absolute atomic E-state index is 12.1. The molecule has 0 aliphatic carbocycles. The fourth-order valence-electron chi connectivity index (χ4n) is 1.07. The molecule has 0 unspecified atom stereocenters. The van der Waals surface area contributed by atoms with E-state index < -0.39 is 6.67 Å². The molecule has 0 aliphatic rings. The number of aromatic amines is 1. The van der Waals surface area contributed by atoms with Crippen molar-refractivity contribution in [1.29, 1.82) is 0 Å². The van der Waals surface area contributed by atoms with E-state index in [1.807, 2.05) is 0 Å². The molecule has 2 heterocycles. The van der Waals surface area contributed by atoms with Gasteiger partial charge in [-0.15, -0.1) is 0 Å². The molecular formula is C8H6FN3O. The quantitative estimate of drug-likeness (QED) is 0.703. The lowest BCUT2D eigenvalue weighted by Gasteiger charge is -1.96. The number of nitrogens with zero attached hydrogens (tertiary/aromatic N) is 2. The van der Waals surface area contributed by atoms with Crippen LogP contribution in [0.5, 0.6) is 0 Å². The lowest BCUT2D eigenvalue weighted by molar-refractivity contribution is 0.466. The summed E-state index contributed by atoms with van der Waals surface area (Å²) in [5, 5.41) is 0.375. The first-order valence-corrected chi connectivity index (χ1v) is 3.70. The van der Waals surface area contributed by atoms with Gasteiger partial charge in [0.05, 0.1) is 10.9 Å². The van der Waals surface area contributed by atoms with E-state index in [0.29, 0.717) is 10.9 Å². The summed E-state index contributed by atoms with van der Waals surface area (Å²) in [5.41, 5.74) is 0.203. The van der Waals surface area contributed by atoms with Gasteiger partial charge in [-0.05, 0) is 6.07 Å². The van der Waals surface area contributed by atoms with Crippen LogP contribution in [0.25, 0.3) is 10.9 Å². The minimum Gasteiger partial charge on any atom is -0.328 e. The molecule has 1 N–H and O–H groups in total. The first-order valence-electron chi connectivity index (χ1n) is 3.70. The third-order valence-corrected chi connectivity index (χ3v) is 1.69. The van der Waals surface area contributed by atoms with Gasteiger partial charge < -0.3 is 4.98 Å². The number of alkyl halides is 1. The molecule has 0 atom stereocenters. The zero-order valence-electron chi connectivity index (χ0n) is 6.62. The summed E-state index contributed by atoms with van der Waals surface area (Å²) < 4.78 is 12.1. The molecule has 0 saturated heterocycles. The van der Waals surface area contributed by atoms with Crippen molar-refractivity contribution >= 4 is 10.9 Å². The highest BCUT2D eigenvalue weighted by Crippen LogP contribution is 2.04. The van der Waals surface area contributed by atoms with Crippen LogP contribution in [-0.2, 0) is 6.67 Å². The van der Waals surface area contributed by atoms with Gasteiger partial charge in [0.2, 0.25) is 0 Å². The maximum Gasteiger partial charge on any atom is 0.258 e. The van der Waals surface area contributed by atoms with Crippen LogP contribution in [-0.4, -0.2) is 15.0 Å². The molecule has 5 heteroatoms. The Labute approximate surface area is 72.5 Å². The Morgan fingerprint density at radius 3 is 3.15 bits per heavy atom. The van der Waals surface area contributed by atoms with Gasteiger partial charge >= 0.3 is 0 Å². The number of aromatic nitrogens is 3. The van der Waals surface area contributed by atoms with Crippen molar-refractivity contribution in [2.45, 2.75) is 6.67 Å². The predicted molar refractivity (Wildman–Crippen MR) is 45.0 cm³/mol. The Kier molecular flexibility index (Phi) is 1.77. The SMILES string of the molecule is O=c1[nH]ccc2nc(CF)ncc12. The second-order valence-electron chi connectivity index (χ2n) is 2.53. The van der Waals surface area contributed by atoms with Gasteiger partial charge in [0.25, 0.3) is 5.56 Å². The molecule has 0 aromatic carbocycles. The summed E-state index contributed by atoms with van der Waals surface area (Å²) in [4.78, 5) is 21.2. The van der Waals surface area contributed by atoms with E-state index in [-0.39, 0.29) is 11.4 Å². The van der Waals surface area contributed by atoms with Crippen LogP contribution in [0, 0.1) is 0 Å². The molecule has 2 aromatic heterocycles. The monoisotopic (exact) mass is 179 g/mol. The number of nitrogens with one attached hydrogen (secondary N) is 1. The van der Waals surface area contributed by atoms with Crippen molar-refractivity contribution in [2.24, 2.45) is 0 Å². The van der Waals surface area contributed by atoms with Crippen LogP contribution in [0.3, 0.4) is 0 Å². The average Bonchev–Trinajstić information content (AvgIpc) is 2.18. The number of H-pyrrole nitrogens is 1. The summed E-state index contributed by atoms with van der Waals surface area (Å²) in [6.45, 7) is -0.720. The second kappa shape index (κ2) is 2.93. The molecule has 2 aromatic rings. The Morgan fingerprint density at radius 1 is 1.54 bits per heavy atom. The van der Waals surface area contributed by atoms with Crippen molar-refractivity contribution in [3.8, 4) is 0 Å². The van der Waals surface area contributed by atoms with Crippen LogP contribution in [0.1, 0.15) is 5.82 Å².